The van der Waals surface area contributed by atoms with Gasteiger partial charge in [0.25, 0.3) is 5.91 Å². The Morgan fingerprint density at radius 1 is 1.07 bits per heavy atom. The van der Waals surface area contributed by atoms with Gasteiger partial charge in [0, 0.05) is 28.7 Å². The molecule has 2 aromatic carbocycles. The van der Waals surface area contributed by atoms with E-state index in [4.69, 9.17) is 16.3 Å². The number of methoxy groups -OCH3 is 1. The van der Waals surface area contributed by atoms with E-state index in [2.05, 4.69) is 20.6 Å². The minimum absolute atomic E-state index is 0.0828. The molecule has 9 heteroatoms. The van der Waals surface area contributed by atoms with Gasteiger partial charge in [0.05, 0.1) is 17.8 Å². The summed E-state index contributed by atoms with van der Waals surface area (Å²) >= 11 is 6.14. The zero-order chi connectivity index (χ0) is 21.8. The van der Waals surface area contributed by atoms with Crippen LogP contribution in [0.1, 0.15) is 32.1 Å². The summed E-state index contributed by atoms with van der Waals surface area (Å²) in [5.74, 6) is -1.09. The standard InChI is InChI=1S/C21H19ClN4O4/c1-11-7-12(2)24-21(23-11)25-14-6-4-5-13(8-14)19(27)26-17-10-18(30-3)15(20(28)29)9-16(17)22/h4-10H,1-3H3,(H,26,27)(H,28,29)(H,23,24,25). The van der Waals surface area contributed by atoms with Crippen LogP contribution in [0.4, 0.5) is 17.3 Å². The van der Waals surface area contributed by atoms with Crippen molar-refractivity contribution in [3.05, 3.63) is 70.0 Å². The van der Waals surface area contributed by atoms with Gasteiger partial charge in [-0.2, -0.15) is 0 Å². The molecular weight excluding hydrogens is 408 g/mol. The van der Waals surface area contributed by atoms with Gasteiger partial charge in [-0.15, -0.1) is 0 Å². The van der Waals surface area contributed by atoms with Crippen molar-refractivity contribution in [2.75, 3.05) is 17.7 Å². The van der Waals surface area contributed by atoms with Gasteiger partial charge in [-0.05, 0) is 44.2 Å². The summed E-state index contributed by atoms with van der Waals surface area (Å²) in [6.07, 6.45) is 0. The van der Waals surface area contributed by atoms with Crippen LogP contribution >= 0.6 is 11.6 Å². The molecule has 1 aromatic heterocycles. The number of anilines is 3. The highest BCUT2D eigenvalue weighted by Crippen LogP contribution is 2.31. The average molecular weight is 427 g/mol. The van der Waals surface area contributed by atoms with Crippen LogP contribution in [0.25, 0.3) is 0 Å². The second-order valence-corrected chi connectivity index (χ2v) is 6.88. The summed E-state index contributed by atoms with van der Waals surface area (Å²) < 4.78 is 5.08. The number of nitrogens with one attached hydrogen (secondary N) is 2. The molecular formula is C21H19ClN4O4. The Labute approximate surface area is 177 Å². The van der Waals surface area contributed by atoms with Gasteiger partial charge in [-0.3, -0.25) is 4.79 Å². The molecule has 0 atom stereocenters. The van der Waals surface area contributed by atoms with Crippen LogP contribution in [-0.4, -0.2) is 34.1 Å². The number of aryl methyl sites for hydroxylation is 2. The van der Waals surface area contributed by atoms with Crippen LogP contribution in [0.15, 0.2) is 42.5 Å². The molecule has 1 heterocycles. The first-order valence-electron chi connectivity index (χ1n) is 8.88. The lowest BCUT2D eigenvalue weighted by molar-refractivity contribution is 0.0693. The number of halogens is 1. The Kier molecular flexibility index (Phi) is 6.17. The maximum Gasteiger partial charge on any atom is 0.339 e. The van der Waals surface area contributed by atoms with Crippen molar-refractivity contribution >= 4 is 40.8 Å². The number of nitrogens with zero attached hydrogens (tertiary/aromatic N) is 2. The van der Waals surface area contributed by atoms with E-state index in [0.717, 1.165) is 11.4 Å². The summed E-state index contributed by atoms with van der Waals surface area (Å²) in [7, 11) is 1.34. The highest BCUT2D eigenvalue weighted by atomic mass is 35.5. The van der Waals surface area contributed by atoms with Gasteiger partial charge in [0.2, 0.25) is 5.95 Å². The van der Waals surface area contributed by atoms with Gasteiger partial charge >= 0.3 is 5.97 Å². The number of aromatic nitrogens is 2. The number of hydrogen-bond acceptors (Lipinski definition) is 6. The molecule has 0 saturated heterocycles. The quantitative estimate of drug-likeness (QED) is 0.533. The third-order valence-corrected chi connectivity index (χ3v) is 4.44. The van der Waals surface area contributed by atoms with Gasteiger partial charge in [-0.1, -0.05) is 17.7 Å². The Balaban J connectivity index is 1.83. The Bertz CT molecular complexity index is 1110. The normalized spacial score (nSPS) is 10.4. The van der Waals surface area contributed by atoms with E-state index < -0.39 is 11.9 Å². The first-order chi connectivity index (χ1) is 14.3. The second kappa shape index (κ2) is 8.79. The smallest absolute Gasteiger partial charge is 0.339 e. The molecule has 0 aliphatic heterocycles. The van der Waals surface area contributed by atoms with Crippen molar-refractivity contribution in [3.8, 4) is 5.75 Å². The number of amides is 1. The monoisotopic (exact) mass is 426 g/mol. The zero-order valence-electron chi connectivity index (χ0n) is 16.5. The maximum atomic E-state index is 12.7. The fourth-order valence-electron chi connectivity index (χ4n) is 2.83. The maximum absolute atomic E-state index is 12.7. The highest BCUT2D eigenvalue weighted by molar-refractivity contribution is 6.34. The third kappa shape index (κ3) is 4.84. The Hall–Kier alpha value is -3.65. The second-order valence-electron chi connectivity index (χ2n) is 6.47. The molecule has 0 bridgehead atoms. The van der Waals surface area contributed by atoms with Crippen molar-refractivity contribution in [1.29, 1.82) is 0 Å². The Morgan fingerprint density at radius 3 is 2.40 bits per heavy atom. The molecule has 0 radical (unpaired) electrons. The van der Waals surface area contributed by atoms with Gasteiger partial charge in [0.1, 0.15) is 11.3 Å². The van der Waals surface area contributed by atoms with E-state index in [0.29, 0.717) is 17.2 Å². The summed E-state index contributed by atoms with van der Waals surface area (Å²) in [4.78, 5) is 32.6. The number of hydrogen-bond donors (Lipinski definition) is 3. The molecule has 0 fully saturated rings. The van der Waals surface area contributed by atoms with Crippen LogP contribution in [0.3, 0.4) is 0 Å². The van der Waals surface area contributed by atoms with Crippen molar-refractivity contribution in [2.45, 2.75) is 13.8 Å². The lowest BCUT2D eigenvalue weighted by atomic mass is 10.1. The van der Waals surface area contributed by atoms with Crippen LogP contribution < -0.4 is 15.4 Å². The van der Waals surface area contributed by atoms with Crippen molar-refractivity contribution in [1.82, 2.24) is 9.97 Å². The van der Waals surface area contributed by atoms with Gasteiger partial charge in [-0.25, -0.2) is 14.8 Å². The number of ether oxygens (including phenoxy) is 1. The number of aromatic carboxylic acids is 1. The number of rotatable bonds is 6. The van der Waals surface area contributed by atoms with E-state index in [1.807, 2.05) is 19.9 Å². The number of carbonyl (C=O) groups excluding carboxylic acids is 1. The molecule has 3 aromatic rings. The Morgan fingerprint density at radius 2 is 1.77 bits per heavy atom. The summed E-state index contributed by atoms with van der Waals surface area (Å²) in [6, 6.07) is 11.3. The third-order valence-electron chi connectivity index (χ3n) is 4.13. The minimum atomic E-state index is -1.18. The molecule has 0 saturated carbocycles. The van der Waals surface area contributed by atoms with E-state index in [1.165, 1.54) is 19.2 Å². The fourth-order valence-corrected chi connectivity index (χ4v) is 3.04. The van der Waals surface area contributed by atoms with E-state index in [-0.39, 0.29) is 22.0 Å². The fraction of sp³-hybridized carbons (Fsp3) is 0.143. The summed E-state index contributed by atoms with van der Waals surface area (Å²) in [5.41, 5.74) is 2.79. The molecule has 30 heavy (non-hydrogen) atoms. The molecule has 3 rings (SSSR count). The van der Waals surface area contributed by atoms with Crippen molar-refractivity contribution in [3.63, 3.8) is 0 Å². The molecule has 0 aliphatic carbocycles. The van der Waals surface area contributed by atoms with Crippen molar-refractivity contribution in [2.24, 2.45) is 0 Å². The number of benzene rings is 2. The van der Waals surface area contributed by atoms with Crippen LogP contribution in [0.5, 0.6) is 5.75 Å². The molecule has 0 aliphatic rings. The van der Waals surface area contributed by atoms with Gasteiger partial charge in [0.15, 0.2) is 0 Å². The minimum Gasteiger partial charge on any atom is -0.496 e. The van der Waals surface area contributed by atoms with Crippen LogP contribution in [0, 0.1) is 13.8 Å². The summed E-state index contributed by atoms with van der Waals surface area (Å²) in [5, 5.41) is 15.1. The van der Waals surface area contributed by atoms with Crippen molar-refractivity contribution < 1.29 is 19.4 Å². The van der Waals surface area contributed by atoms with E-state index in [9.17, 15) is 14.7 Å². The first-order valence-corrected chi connectivity index (χ1v) is 9.26. The average Bonchev–Trinajstić information content (AvgIpc) is 2.68. The van der Waals surface area contributed by atoms with Crippen LogP contribution in [-0.2, 0) is 0 Å². The molecule has 0 unspecified atom stereocenters. The SMILES string of the molecule is COc1cc(NC(=O)c2cccc(Nc3nc(C)cc(C)n3)c2)c(Cl)cc1C(=O)O. The molecule has 3 N–H and O–H groups in total. The number of carbonyl (C=O) groups is 2. The van der Waals surface area contributed by atoms with Gasteiger partial charge < -0.3 is 20.5 Å². The van der Waals surface area contributed by atoms with E-state index in [1.54, 1.807) is 24.3 Å². The number of carboxylic acids is 1. The predicted molar refractivity (Wildman–Crippen MR) is 114 cm³/mol. The largest absolute Gasteiger partial charge is 0.496 e. The topological polar surface area (TPSA) is 113 Å². The lowest BCUT2D eigenvalue weighted by Crippen LogP contribution is -2.13. The predicted octanol–water partition coefficient (Wildman–Crippen LogP) is 4.45. The lowest BCUT2D eigenvalue weighted by Gasteiger charge is -2.12. The molecule has 0 spiro atoms. The highest BCUT2D eigenvalue weighted by Gasteiger charge is 2.17. The first kappa shape index (κ1) is 21.1. The number of carboxylic acid groups (broad SMARTS) is 1. The summed E-state index contributed by atoms with van der Waals surface area (Å²) in [6.45, 7) is 3.74. The molecule has 1 amide bonds. The van der Waals surface area contributed by atoms with Crippen LogP contribution in [0.2, 0.25) is 5.02 Å². The molecule has 8 nitrogen and oxygen atoms in total. The zero-order valence-corrected chi connectivity index (χ0v) is 17.2. The van der Waals surface area contributed by atoms with E-state index >= 15 is 0 Å². The molecule has 154 valence electrons.